The first-order valence-electron chi connectivity index (χ1n) is 10.6. The molecular formula is C24H28F3NO5. The molecule has 0 radical (unpaired) electrons. The topological polar surface area (TPSA) is 66.3 Å². The van der Waals surface area contributed by atoms with Gasteiger partial charge < -0.3 is 19.0 Å². The zero-order valence-electron chi connectivity index (χ0n) is 18.9. The van der Waals surface area contributed by atoms with Gasteiger partial charge >= 0.3 is 12.1 Å². The third-order valence-corrected chi connectivity index (χ3v) is 4.49. The van der Waals surface area contributed by atoms with Crippen LogP contribution in [0.1, 0.15) is 37.5 Å². The van der Waals surface area contributed by atoms with E-state index in [2.05, 4.69) is 5.16 Å². The van der Waals surface area contributed by atoms with E-state index >= 15 is 0 Å². The number of oxime groups is 1. The van der Waals surface area contributed by atoms with Crippen LogP contribution < -0.4 is 4.74 Å². The molecule has 1 atom stereocenters. The Morgan fingerprint density at radius 3 is 2.15 bits per heavy atom. The fraction of sp³-hybridized carbons (Fsp3) is 0.417. The zero-order valence-corrected chi connectivity index (χ0v) is 18.9. The third-order valence-electron chi connectivity index (χ3n) is 4.49. The second-order valence-corrected chi connectivity index (χ2v) is 6.86. The van der Waals surface area contributed by atoms with Gasteiger partial charge in [-0.25, -0.2) is 4.79 Å². The van der Waals surface area contributed by atoms with Gasteiger partial charge in [-0.3, -0.25) is 0 Å². The van der Waals surface area contributed by atoms with Crippen LogP contribution in [0, 0.1) is 0 Å². The monoisotopic (exact) mass is 467 g/mol. The van der Waals surface area contributed by atoms with E-state index in [0.717, 1.165) is 17.7 Å². The van der Waals surface area contributed by atoms with Crippen molar-refractivity contribution in [3.8, 4) is 5.75 Å². The molecule has 2 aromatic carbocycles. The Labute approximate surface area is 191 Å². The number of carbonyl (C=O) groups is 1. The van der Waals surface area contributed by atoms with E-state index in [9.17, 15) is 18.0 Å². The molecule has 1 unspecified atom stereocenters. The molecule has 0 aromatic heterocycles. The Morgan fingerprint density at radius 2 is 1.61 bits per heavy atom. The Bertz CT molecular complexity index is 896. The number of benzene rings is 2. The van der Waals surface area contributed by atoms with Gasteiger partial charge in [-0.1, -0.05) is 29.4 Å². The average Bonchev–Trinajstić information content (AvgIpc) is 2.79. The predicted molar refractivity (Wildman–Crippen MR) is 117 cm³/mol. The van der Waals surface area contributed by atoms with Crippen LogP contribution >= 0.6 is 0 Å². The standard InChI is InChI=1S/C24H28F3NO5/c1-4-30-22(23(29)31-5-2)15-17-7-13-20(14-8-17)32-16-21(28-33-6-3)18-9-11-19(12-10-18)24(25,26)27/h7-14,22H,4-6,15-16H2,1-3H3. The summed E-state index contributed by atoms with van der Waals surface area (Å²) in [7, 11) is 0. The molecule has 6 nitrogen and oxygen atoms in total. The van der Waals surface area contributed by atoms with Crippen LogP contribution in [0.4, 0.5) is 13.2 Å². The van der Waals surface area contributed by atoms with Crippen molar-refractivity contribution in [1.82, 2.24) is 0 Å². The summed E-state index contributed by atoms with van der Waals surface area (Å²) in [4.78, 5) is 17.1. The van der Waals surface area contributed by atoms with Crippen LogP contribution in [0.25, 0.3) is 0 Å². The van der Waals surface area contributed by atoms with Crippen molar-refractivity contribution in [2.24, 2.45) is 5.16 Å². The van der Waals surface area contributed by atoms with Crippen LogP contribution in [0.15, 0.2) is 53.7 Å². The van der Waals surface area contributed by atoms with Gasteiger partial charge in [0.15, 0.2) is 6.10 Å². The number of esters is 1. The second-order valence-electron chi connectivity index (χ2n) is 6.86. The number of alkyl halides is 3. The molecule has 2 aromatic rings. The van der Waals surface area contributed by atoms with Gasteiger partial charge in [0.2, 0.25) is 0 Å². The van der Waals surface area contributed by atoms with Crippen molar-refractivity contribution in [3.05, 3.63) is 65.2 Å². The molecule has 33 heavy (non-hydrogen) atoms. The lowest BCUT2D eigenvalue weighted by Gasteiger charge is -2.16. The Morgan fingerprint density at radius 1 is 0.939 bits per heavy atom. The molecule has 0 amide bonds. The summed E-state index contributed by atoms with van der Waals surface area (Å²) in [5.41, 5.74) is 0.932. The maximum Gasteiger partial charge on any atom is 0.416 e. The molecule has 0 N–H and O–H groups in total. The van der Waals surface area contributed by atoms with Gasteiger partial charge in [-0.2, -0.15) is 13.2 Å². The molecule has 0 saturated heterocycles. The van der Waals surface area contributed by atoms with Gasteiger partial charge in [0.1, 0.15) is 24.7 Å². The van der Waals surface area contributed by atoms with Gasteiger partial charge in [0.05, 0.1) is 12.2 Å². The summed E-state index contributed by atoms with van der Waals surface area (Å²) in [6.07, 6.45) is -4.75. The van der Waals surface area contributed by atoms with Gasteiger partial charge in [-0.05, 0) is 50.6 Å². The summed E-state index contributed by atoms with van der Waals surface area (Å²) in [6, 6.07) is 11.7. The molecule has 2 rings (SSSR count). The second kappa shape index (κ2) is 12.8. The van der Waals surface area contributed by atoms with Gasteiger partial charge in [0, 0.05) is 18.6 Å². The summed E-state index contributed by atoms with van der Waals surface area (Å²) in [5.74, 6) is 0.118. The van der Waals surface area contributed by atoms with Gasteiger partial charge in [0.25, 0.3) is 0 Å². The van der Waals surface area contributed by atoms with Crippen molar-refractivity contribution >= 4 is 11.7 Å². The number of ether oxygens (including phenoxy) is 3. The van der Waals surface area contributed by atoms with E-state index in [1.54, 1.807) is 45.0 Å². The molecule has 0 spiro atoms. The van der Waals surface area contributed by atoms with Crippen LogP contribution in [0.3, 0.4) is 0 Å². The maximum atomic E-state index is 12.8. The van der Waals surface area contributed by atoms with E-state index < -0.39 is 23.8 Å². The summed E-state index contributed by atoms with van der Waals surface area (Å²) in [6.45, 7) is 6.26. The van der Waals surface area contributed by atoms with Crippen LogP contribution in [-0.4, -0.2) is 44.2 Å². The number of carbonyl (C=O) groups excluding carboxylic acids is 1. The number of hydrogen-bond acceptors (Lipinski definition) is 6. The lowest BCUT2D eigenvalue weighted by molar-refractivity contribution is -0.156. The zero-order chi connectivity index (χ0) is 24.3. The van der Waals surface area contributed by atoms with Crippen molar-refractivity contribution in [3.63, 3.8) is 0 Å². The maximum absolute atomic E-state index is 12.8. The van der Waals surface area contributed by atoms with E-state index in [1.807, 2.05) is 0 Å². The molecule has 180 valence electrons. The SMILES string of the molecule is CCON=C(COc1ccc(CC(OCC)C(=O)OCC)cc1)c1ccc(C(F)(F)F)cc1. The summed E-state index contributed by atoms with van der Waals surface area (Å²) in [5, 5.41) is 3.98. The number of halogens is 3. The first-order valence-corrected chi connectivity index (χ1v) is 10.6. The molecule has 0 aliphatic carbocycles. The van der Waals surface area contributed by atoms with E-state index in [4.69, 9.17) is 19.0 Å². The first-order chi connectivity index (χ1) is 15.8. The van der Waals surface area contributed by atoms with Crippen molar-refractivity contribution in [1.29, 1.82) is 0 Å². The summed E-state index contributed by atoms with van der Waals surface area (Å²) < 4.78 is 54.7. The minimum absolute atomic E-state index is 0.00485. The predicted octanol–water partition coefficient (Wildman–Crippen LogP) is 5.04. The minimum Gasteiger partial charge on any atom is -0.487 e. The van der Waals surface area contributed by atoms with E-state index in [0.29, 0.717) is 36.7 Å². The Kier molecular flexibility index (Phi) is 10.2. The Hall–Kier alpha value is -3.07. The van der Waals surface area contributed by atoms with E-state index in [-0.39, 0.29) is 13.2 Å². The number of nitrogens with zero attached hydrogens (tertiary/aromatic N) is 1. The molecule has 0 bridgehead atoms. The van der Waals surface area contributed by atoms with Crippen LogP contribution in [0.5, 0.6) is 5.75 Å². The van der Waals surface area contributed by atoms with Crippen LogP contribution in [-0.2, 0) is 31.7 Å². The smallest absolute Gasteiger partial charge is 0.416 e. The highest BCUT2D eigenvalue weighted by Gasteiger charge is 2.30. The summed E-state index contributed by atoms with van der Waals surface area (Å²) >= 11 is 0. The lowest BCUT2D eigenvalue weighted by Crippen LogP contribution is -2.28. The van der Waals surface area contributed by atoms with Crippen molar-refractivity contribution < 1.29 is 37.0 Å². The highest BCUT2D eigenvalue weighted by atomic mass is 19.4. The molecule has 9 heteroatoms. The largest absolute Gasteiger partial charge is 0.487 e. The molecule has 0 fully saturated rings. The van der Waals surface area contributed by atoms with E-state index in [1.165, 1.54) is 12.1 Å². The quantitative estimate of drug-likeness (QED) is 0.249. The van der Waals surface area contributed by atoms with Crippen LogP contribution in [0.2, 0.25) is 0 Å². The molecule has 0 aliphatic rings. The molecular weight excluding hydrogens is 439 g/mol. The number of rotatable bonds is 12. The Balaban J connectivity index is 2.05. The molecule has 0 saturated carbocycles. The number of hydrogen-bond donors (Lipinski definition) is 0. The third kappa shape index (κ3) is 8.42. The van der Waals surface area contributed by atoms with Gasteiger partial charge in [-0.15, -0.1) is 0 Å². The molecule has 0 heterocycles. The van der Waals surface area contributed by atoms with Crippen molar-refractivity contribution in [2.45, 2.75) is 39.5 Å². The fourth-order valence-electron chi connectivity index (χ4n) is 2.89. The first kappa shape index (κ1) is 26.2. The normalized spacial score (nSPS) is 12.8. The molecule has 0 aliphatic heterocycles. The average molecular weight is 467 g/mol. The minimum atomic E-state index is -4.41. The lowest BCUT2D eigenvalue weighted by atomic mass is 10.1. The van der Waals surface area contributed by atoms with Crippen molar-refractivity contribution in [2.75, 3.05) is 26.4 Å². The fourth-order valence-corrected chi connectivity index (χ4v) is 2.89. The highest BCUT2D eigenvalue weighted by molar-refractivity contribution is 6.01. The highest BCUT2D eigenvalue weighted by Crippen LogP contribution is 2.29.